The zero-order valence-electron chi connectivity index (χ0n) is 6.95. The molecule has 0 saturated heterocycles. The Hall–Kier alpha value is 1.00. The van der Waals surface area contributed by atoms with Gasteiger partial charge in [0.15, 0.2) is 0 Å². The molecule has 8 heavy (non-hydrogen) atoms. The molecule has 1 saturated carbocycles. The Labute approximate surface area is 75.8 Å². The quantitative estimate of drug-likeness (QED) is 0.309. The molecule has 0 unspecified atom stereocenters. The van der Waals surface area contributed by atoms with Gasteiger partial charge in [-0.1, -0.05) is 44.9 Å². The van der Waals surface area contributed by atoms with E-state index in [0.717, 1.165) is 0 Å². The van der Waals surface area contributed by atoms with Gasteiger partial charge in [-0.05, 0) is 0 Å². The van der Waals surface area contributed by atoms with E-state index >= 15 is 0 Å². The van der Waals surface area contributed by atoms with Crippen molar-refractivity contribution in [3.63, 3.8) is 0 Å². The maximum Gasteiger partial charge on any atom is 1.00 e. The molecule has 44 valence electrons. The summed E-state index contributed by atoms with van der Waals surface area (Å²) < 4.78 is 0. The van der Waals surface area contributed by atoms with Crippen LogP contribution in [0.1, 0.15) is 46.4 Å². The molecule has 0 N–H and O–H groups in total. The van der Waals surface area contributed by atoms with E-state index in [1.54, 1.807) is 0 Å². The van der Waals surface area contributed by atoms with Crippen molar-refractivity contribution in [1.82, 2.24) is 0 Å². The van der Waals surface area contributed by atoms with Gasteiger partial charge in [-0.3, -0.25) is 0 Å². The van der Waals surface area contributed by atoms with E-state index < -0.39 is 0 Å². The Morgan fingerprint density at radius 1 is 0.500 bits per heavy atom. The van der Waals surface area contributed by atoms with Gasteiger partial charge in [0.2, 0.25) is 0 Å². The molecular weight excluding hydrogens is 107 g/mol. The maximum atomic E-state index is 1.50. The molecule has 0 aromatic rings. The molecule has 0 radical (unpaired) electrons. The molecule has 0 nitrogen and oxygen atoms in total. The van der Waals surface area contributed by atoms with Gasteiger partial charge in [-0.15, -0.1) is 0 Å². The summed E-state index contributed by atoms with van der Waals surface area (Å²) in [5, 5.41) is 0. The zero-order chi connectivity index (χ0) is 4.95. The zero-order valence-corrected chi connectivity index (χ0v) is 7.95. The summed E-state index contributed by atoms with van der Waals surface area (Å²) in [6, 6.07) is 0. The Morgan fingerprint density at radius 2 is 0.625 bits per heavy atom. The van der Waals surface area contributed by atoms with Crippen LogP contribution < -0.4 is 29.6 Å². The van der Waals surface area contributed by atoms with Crippen molar-refractivity contribution in [2.75, 3.05) is 0 Å². The van der Waals surface area contributed by atoms with Crippen molar-refractivity contribution < 1.29 is 31.0 Å². The Morgan fingerprint density at radius 3 is 0.750 bits per heavy atom. The van der Waals surface area contributed by atoms with Gasteiger partial charge >= 0.3 is 29.6 Å². The van der Waals surface area contributed by atoms with Crippen molar-refractivity contribution in [2.24, 2.45) is 0 Å². The Balaban J connectivity index is 0. The molecule has 0 spiro atoms. The second-order valence-corrected chi connectivity index (χ2v) is 2.47. The first-order valence-corrected chi connectivity index (χ1v) is 3.50. The van der Waals surface area contributed by atoms with E-state index in [9.17, 15) is 0 Å². The molecule has 0 atom stereocenters. The fourth-order valence-corrected chi connectivity index (χ4v) is 1.24. The Bertz CT molecular complexity index is 28.5. The molecule has 0 aliphatic heterocycles. The van der Waals surface area contributed by atoms with Gasteiger partial charge in [-0.2, -0.15) is 0 Å². The van der Waals surface area contributed by atoms with Crippen LogP contribution in [0.2, 0.25) is 0 Å². The fraction of sp³-hybridized carbons (Fsp3) is 1.00. The predicted octanol–water partition coefficient (Wildman–Crippen LogP) is -0.153. The normalized spacial score (nSPS) is 21.0. The smallest absolute Gasteiger partial charge is 1.00 e. The predicted molar refractivity (Wildman–Crippen MR) is 33.4 cm³/mol. The van der Waals surface area contributed by atoms with E-state index in [1.165, 1.54) is 44.9 Å². The van der Waals surface area contributed by atoms with Crippen molar-refractivity contribution >= 4 is 0 Å². The van der Waals surface area contributed by atoms with Crippen LogP contribution in [0.4, 0.5) is 0 Å². The Kier molecular flexibility index (Phi) is 6.89. The molecule has 0 bridgehead atoms. The van der Waals surface area contributed by atoms with E-state index in [1.807, 2.05) is 0 Å². The summed E-state index contributed by atoms with van der Waals surface area (Å²) in [6.45, 7) is 0. The summed E-state index contributed by atoms with van der Waals surface area (Å²) in [7, 11) is 0. The van der Waals surface area contributed by atoms with E-state index in [-0.39, 0.29) is 31.0 Å². The molecule has 0 aromatic carbocycles. The van der Waals surface area contributed by atoms with Gasteiger partial charge in [0.05, 0.1) is 0 Å². The summed E-state index contributed by atoms with van der Waals surface area (Å²) in [6.07, 6.45) is 10.5. The molecule has 0 heterocycles. The van der Waals surface area contributed by atoms with Crippen molar-refractivity contribution in [3.8, 4) is 0 Å². The van der Waals surface area contributed by atoms with E-state index in [4.69, 9.17) is 0 Å². The molecule has 1 rings (SSSR count). The van der Waals surface area contributed by atoms with E-state index in [0.29, 0.717) is 0 Å². The minimum absolute atomic E-state index is 0. The summed E-state index contributed by atoms with van der Waals surface area (Å²) >= 11 is 0. The summed E-state index contributed by atoms with van der Waals surface area (Å²) in [4.78, 5) is 0. The molecular formula is C7H15Na. The van der Waals surface area contributed by atoms with Crippen LogP contribution in [0.15, 0.2) is 0 Å². The van der Waals surface area contributed by atoms with Crippen LogP contribution in [-0.2, 0) is 0 Å². The van der Waals surface area contributed by atoms with Crippen LogP contribution in [0.5, 0.6) is 0 Å². The fourth-order valence-electron chi connectivity index (χ4n) is 1.24. The number of hydrogen-bond donors (Lipinski definition) is 0. The topological polar surface area (TPSA) is 0 Å². The molecule has 1 aliphatic rings. The molecule has 1 fully saturated rings. The first-order valence-electron chi connectivity index (χ1n) is 3.50. The van der Waals surface area contributed by atoms with Crippen molar-refractivity contribution in [2.45, 2.75) is 44.9 Å². The van der Waals surface area contributed by atoms with Crippen LogP contribution in [0.25, 0.3) is 0 Å². The average molecular weight is 122 g/mol. The van der Waals surface area contributed by atoms with Gasteiger partial charge in [0, 0.05) is 0 Å². The van der Waals surface area contributed by atoms with Gasteiger partial charge < -0.3 is 1.43 Å². The first-order chi connectivity index (χ1) is 3.50. The van der Waals surface area contributed by atoms with Crippen LogP contribution in [0, 0.1) is 0 Å². The summed E-state index contributed by atoms with van der Waals surface area (Å²) in [5.41, 5.74) is 0. The number of hydrogen-bond acceptors (Lipinski definition) is 0. The van der Waals surface area contributed by atoms with Gasteiger partial charge in [0.1, 0.15) is 0 Å². The second kappa shape index (κ2) is 6.12. The first kappa shape index (κ1) is 9.00. The van der Waals surface area contributed by atoms with Crippen LogP contribution in [-0.4, -0.2) is 0 Å². The van der Waals surface area contributed by atoms with Crippen molar-refractivity contribution in [1.29, 1.82) is 0 Å². The molecule has 1 heteroatoms. The SMILES string of the molecule is C1CCCCCC1.[H-].[Na+]. The third kappa shape index (κ3) is 3.94. The molecule has 1 aliphatic carbocycles. The average Bonchev–Trinajstić information content (AvgIpc) is 1.90. The molecule has 0 aromatic heterocycles. The summed E-state index contributed by atoms with van der Waals surface area (Å²) in [5.74, 6) is 0. The third-order valence-corrected chi connectivity index (χ3v) is 1.75. The standard InChI is InChI=1S/C7H14.Na.H/c1-2-4-6-7-5-3-1;;/h1-7H2;;/q;+1;-1. The largest absolute Gasteiger partial charge is 1.00 e. The van der Waals surface area contributed by atoms with E-state index in [2.05, 4.69) is 0 Å². The third-order valence-electron chi connectivity index (χ3n) is 1.75. The van der Waals surface area contributed by atoms with Gasteiger partial charge in [-0.25, -0.2) is 0 Å². The van der Waals surface area contributed by atoms with Gasteiger partial charge in [0.25, 0.3) is 0 Å². The number of rotatable bonds is 0. The van der Waals surface area contributed by atoms with Crippen LogP contribution >= 0.6 is 0 Å². The maximum absolute atomic E-state index is 1.50. The minimum atomic E-state index is 0. The van der Waals surface area contributed by atoms with Crippen molar-refractivity contribution in [3.05, 3.63) is 0 Å². The minimum Gasteiger partial charge on any atom is -1.00 e. The second-order valence-electron chi connectivity index (χ2n) is 2.47. The molecule has 0 amide bonds. The monoisotopic (exact) mass is 122 g/mol. The van der Waals surface area contributed by atoms with Crippen LogP contribution in [0.3, 0.4) is 0 Å².